The molecule has 2 unspecified atom stereocenters. The second kappa shape index (κ2) is 6.91. The summed E-state index contributed by atoms with van der Waals surface area (Å²) in [5, 5.41) is 20.3. The molecular weight excluding hydrogens is 262 g/mol. The highest BCUT2D eigenvalue weighted by atomic mass is 16.3. The Morgan fingerprint density at radius 3 is 2.24 bits per heavy atom. The first kappa shape index (κ1) is 16.5. The first-order valence-corrected chi connectivity index (χ1v) is 8.03. The molecule has 3 heteroatoms. The van der Waals surface area contributed by atoms with Gasteiger partial charge in [-0.1, -0.05) is 44.2 Å². The number of aliphatic hydroxyl groups is 2. The zero-order valence-corrected chi connectivity index (χ0v) is 13.5. The van der Waals surface area contributed by atoms with Crippen LogP contribution in [0.15, 0.2) is 30.3 Å². The van der Waals surface area contributed by atoms with Gasteiger partial charge in [0.05, 0.1) is 12.2 Å². The maximum atomic E-state index is 10.7. The van der Waals surface area contributed by atoms with Crippen LogP contribution in [0, 0.1) is 11.3 Å². The molecule has 1 heterocycles. The molecule has 0 radical (unpaired) electrons. The predicted octanol–water partition coefficient (Wildman–Crippen LogP) is 2.84. The highest BCUT2D eigenvalue weighted by molar-refractivity contribution is 5.19. The predicted molar refractivity (Wildman–Crippen MR) is 86.0 cm³/mol. The van der Waals surface area contributed by atoms with Gasteiger partial charge >= 0.3 is 0 Å². The number of hydrogen-bond acceptors (Lipinski definition) is 3. The van der Waals surface area contributed by atoms with Crippen LogP contribution in [0.4, 0.5) is 0 Å². The van der Waals surface area contributed by atoms with Gasteiger partial charge in [0.25, 0.3) is 0 Å². The van der Waals surface area contributed by atoms with Crippen molar-refractivity contribution in [3.63, 3.8) is 0 Å². The number of likely N-dealkylation sites (tertiary alicyclic amines) is 1. The smallest absolute Gasteiger partial charge is 0.0853 e. The Morgan fingerprint density at radius 2 is 1.71 bits per heavy atom. The Bertz CT molecular complexity index is 422. The average molecular weight is 291 g/mol. The monoisotopic (exact) mass is 291 g/mol. The maximum Gasteiger partial charge on any atom is 0.0853 e. The molecule has 0 bridgehead atoms. The molecule has 2 atom stereocenters. The van der Waals surface area contributed by atoms with Crippen LogP contribution in [0.3, 0.4) is 0 Å². The van der Waals surface area contributed by atoms with Gasteiger partial charge in [-0.25, -0.2) is 0 Å². The Hall–Kier alpha value is -0.900. The highest BCUT2D eigenvalue weighted by Gasteiger charge is 2.33. The molecule has 1 aliphatic heterocycles. The van der Waals surface area contributed by atoms with Gasteiger partial charge in [-0.3, -0.25) is 0 Å². The van der Waals surface area contributed by atoms with E-state index in [-0.39, 0.29) is 11.5 Å². The highest BCUT2D eigenvalue weighted by Crippen LogP contribution is 2.35. The van der Waals surface area contributed by atoms with Crippen LogP contribution < -0.4 is 0 Å². The van der Waals surface area contributed by atoms with Crippen molar-refractivity contribution < 1.29 is 10.2 Å². The molecule has 1 fully saturated rings. The molecule has 21 heavy (non-hydrogen) atoms. The number of hydrogen-bond donors (Lipinski definition) is 2. The van der Waals surface area contributed by atoms with E-state index < -0.39 is 6.10 Å². The lowest BCUT2D eigenvalue weighted by Gasteiger charge is -2.40. The van der Waals surface area contributed by atoms with Crippen molar-refractivity contribution in [2.75, 3.05) is 19.6 Å². The van der Waals surface area contributed by atoms with Gasteiger partial charge in [-0.15, -0.1) is 0 Å². The molecule has 118 valence electrons. The standard InChI is InChI=1S/C18H29NO2/c1-14(20)15-9-11-19(12-10-15)13-18(2,3)17(21)16-7-5-4-6-8-16/h4-8,14-15,17,20-21H,9-13H2,1-3H3. The van der Waals surface area contributed by atoms with Crippen molar-refractivity contribution in [3.05, 3.63) is 35.9 Å². The zero-order valence-electron chi connectivity index (χ0n) is 13.5. The summed E-state index contributed by atoms with van der Waals surface area (Å²) in [6, 6.07) is 9.91. The molecule has 0 spiro atoms. The van der Waals surface area contributed by atoms with E-state index >= 15 is 0 Å². The Labute approximate surface area is 128 Å². The van der Waals surface area contributed by atoms with Crippen LogP contribution in [0.2, 0.25) is 0 Å². The minimum absolute atomic E-state index is 0.182. The van der Waals surface area contributed by atoms with Crippen LogP contribution in [-0.4, -0.2) is 40.9 Å². The molecule has 1 aromatic rings. The lowest BCUT2D eigenvalue weighted by molar-refractivity contribution is 0.00253. The quantitative estimate of drug-likeness (QED) is 0.877. The van der Waals surface area contributed by atoms with E-state index in [1.807, 2.05) is 37.3 Å². The van der Waals surface area contributed by atoms with Crippen LogP contribution >= 0.6 is 0 Å². The number of benzene rings is 1. The normalized spacial score (nSPS) is 21.2. The first-order valence-electron chi connectivity index (χ1n) is 8.03. The maximum absolute atomic E-state index is 10.7. The van der Waals surface area contributed by atoms with Gasteiger partial charge in [0.1, 0.15) is 0 Å². The van der Waals surface area contributed by atoms with E-state index in [2.05, 4.69) is 18.7 Å². The molecule has 1 aromatic carbocycles. The average Bonchev–Trinajstić information content (AvgIpc) is 2.47. The fraction of sp³-hybridized carbons (Fsp3) is 0.667. The summed E-state index contributed by atoms with van der Waals surface area (Å²) in [5.41, 5.74) is 0.806. The third kappa shape index (κ3) is 4.29. The van der Waals surface area contributed by atoms with Crippen LogP contribution in [-0.2, 0) is 0 Å². The molecule has 3 nitrogen and oxygen atoms in total. The summed E-state index contributed by atoms with van der Waals surface area (Å²) in [4.78, 5) is 2.42. The molecule has 0 aromatic heterocycles. The lowest BCUT2D eigenvalue weighted by atomic mass is 9.81. The van der Waals surface area contributed by atoms with E-state index in [0.717, 1.165) is 38.0 Å². The summed E-state index contributed by atoms with van der Waals surface area (Å²) in [7, 11) is 0. The Morgan fingerprint density at radius 1 is 1.14 bits per heavy atom. The molecule has 0 saturated carbocycles. The summed E-state index contributed by atoms with van der Waals surface area (Å²) >= 11 is 0. The van der Waals surface area contributed by atoms with Crippen LogP contribution in [0.5, 0.6) is 0 Å². The van der Waals surface area contributed by atoms with E-state index in [1.54, 1.807) is 0 Å². The fourth-order valence-electron chi connectivity index (χ4n) is 3.34. The minimum Gasteiger partial charge on any atom is -0.393 e. The Kier molecular flexibility index (Phi) is 5.42. The van der Waals surface area contributed by atoms with Crippen molar-refractivity contribution in [1.29, 1.82) is 0 Å². The first-order chi connectivity index (χ1) is 9.90. The van der Waals surface area contributed by atoms with Gasteiger partial charge in [-0.05, 0) is 44.3 Å². The fourth-order valence-corrected chi connectivity index (χ4v) is 3.34. The number of piperidine rings is 1. The van der Waals surface area contributed by atoms with Gasteiger partial charge in [0.15, 0.2) is 0 Å². The van der Waals surface area contributed by atoms with Crippen molar-refractivity contribution in [2.24, 2.45) is 11.3 Å². The van der Waals surface area contributed by atoms with Crippen molar-refractivity contribution in [1.82, 2.24) is 4.90 Å². The summed E-state index contributed by atoms with van der Waals surface area (Å²) in [5.74, 6) is 0.434. The molecular formula is C18H29NO2. The lowest BCUT2D eigenvalue weighted by Crippen LogP contribution is -2.43. The largest absolute Gasteiger partial charge is 0.393 e. The molecule has 0 amide bonds. The second-order valence-electron chi connectivity index (χ2n) is 7.16. The van der Waals surface area contributed by atoms with Gasteiger partial charge in [-0.2, -0.15) is 0 Å². The summed E-state index contributed by atoms with van der Waals surface area (Å²) < 4.78 is 0. The molecule has 1 saturated heterocycles. The third-order valence-corrected chi connectivity index (χ3v) is 4.80. The molecule has 0 aliphatic carbocycles. The van der Waals surface area contributed by atoms with Gasteiger partial charge in [0.2, 0.25) is 0 Å². The van der Waals surface area contributed by atoms with E-state index in [1.165, 1.54) is 0 Å². The van der Waals surface area contributed by atoms with Crippen LogP contribution in [0.1, 0.15) is 45.3 Å². The number of rotatable bonds is 5. The number of nitrogens with zero attached hydrogens (tertiary/aromatic N) is 1. The van der Waals surface area contributed by atoms with Gasteiger partial charge < -0.3 is 15.1 Å². The SMILES string of the molecule is CC(O)C1CCN(CC(C)(C)C(O)c2ccccc2)CC1. The van der Waals surface area contributed by atoms with E-state index in [0.29, 0.717) is 5.92 Å². The Balaban J connectivity index is 1.92. The third-order valence-electron chi connectivity index (χ3n) is 4.80. The van der Waals surface area contributed by atoms with Gasteiger partial charge in [0, 0.05) is 12.0 Å². The van der Waals surface area contributed by atoms with Crippen LogP contribution in [0.25, 0.3) is 0 Å². The molecule has 2 rings (SSSR count). The van der Waals surface area contributed by atoms with E-state index in [9.17, 15) is 10.2 Å². The number of aliphatic hydroxyl groups excluding tert-OH is 2. The minimum atomic E-state index is -0.451. The summed E-state index contributed by atoms with van der Waals surface area (Å²) in [6.45, 7) is 9.07. The van der Waals surface area contributed by atoms with Crippen molar-refractivity contribution >= 4 is 0 Å². The molecule has 2 N–H and O–H groups in total. The van der Waals surface area contributed by atoms with Crippen molar-refractivity contribution in [3.8, 4) is 0 Å². The second-order valence-corrected chi connectivity index (χ2v) is 7.16. The molecule has 1 aliphatic rings. The van der Waals surface area contributed by atoms with Crippen molar-refractivity contribution in [2.45, 2.75) is 45.8 Å². The zero-order chi connectivity index (χ0) is 15.5. The topological polar surface area (TPSA) is 43.7 Å². The van der Waals surface area contributed by atoms with E-state index in [4.69, 9.17) is 0 Å². The summed E-state index contributed by atoms with van der Waals surface area (Å²) in [6.07, 6.45) is 1.45.